The molecule has 13 heteroatoms. The molecule has 0 saturated carbocycles. The third-order valence-electron chi connectivity index (χ3n) is 6.74. The molecule has 0 spiro atoms. The first-order valence-electron chi connectivity index (χ1n) is 15.6. The molecule has 1 rings (SSSR count). The van der Waals surface area contributed by atoms with Crippen molar-refractivity contribution in [2.45, 2.75) is 105 Å². The van der Waals surface area contributed by atoms with Crippen LogP contribution in [0, 0.1) is 17.3 Å². The van der Waals surface area contributed by atoms with Gasteiger partial charge >= 0.3 is 12.1 Å². The lowest BCUT2D eigenvalue weighted by Gasteiger charge is -2.25. The maximum absolute atomic E-state index is 13.3. The van der Waals surface area contributed by atoms with Crippen molar-refractivity contribution in [2.75, 3.05) is 18.4 Å². The fraction of sp³-hybridized carbons (Fsp3) is 0.656. The Kier molecular flexibility index (Phi) is 17.0. The zero-order valence-corrected chi connectivity index (χ0v) is 27.8. The number of hydrogen-bond acceptors (Lipinski definition) is 7. The van der Waals surface area contributed by atoms with Crippen LogP contribution in [0.2, 0.25) is 0 Å². The van der Waals surface area contributed by atoms with Crippen LogP contribution in [0.3, 0.4) is 0 Å². The summed E-state index contributed by atoms with van der Waals surface area (Å²) in [5.74, 6) is -1.08. The van der Waals surface area contributed by atoms with E-state index in [1.54, 1.807) is 24.3 Å². The number of aliphatic hydroxyl groups is 1. The van der Waals surface area contributed by atoms with E-state index in [0.717, 1.165) is 0 Å². The van der Waals surface area contributed by atoms with Crippen LogP contribution in [-0.4, -0.2) is 66.2 Å². The van der Waals surface area contributed by atoms with Gasteiger partial charge in [-0.1, -0.05) is 60.6 Å². The van der Waals surface area contributed by atoms with Crippen molar-refractivity contribution in [3.63, 3.8) is 0 Å². The molecule has 0 aliphatic carbocycles. The summed E-state index contributed by atoms with van der Waals surface area (Å²) in [5.41, 5.74) is 6.19. The van der Waals surface area contributed by atoms with Crippen molar-refractivity contribution in [3.05, 3.63) is 29.8 Å². The largest absolute Gasteiger partial charge is 0.445 e. The topological polar surface area (TPSA) is 201 Å². The molecule has 254 valence electrons. The van der Waals surface area contributed by atoms with Crippen LogP contribution in [0.4, 0.5) is 15.3 Å². The van der Waals surface area contributed by atoms with E-state index in [1.807, 2.05) is 48.5 Å². The average molecular weight is 635 g/mol. The number of aliphatic hydroxyl groups excluding tert-OH is 1. The van der Waals surface area contributed by atoms with Crippen LogP contribution in [0.25, 0.3) is 0 Å². The summed E-state index contributed by atoms with van der Waals surface area (Å²) >= 11 is 0. The molecular formula is C32H54N6O7. The molecule has 1 aromatic rings. The quantitative estimate of drug-likeness (QED) is 0.120. The number of rotatable bonds is 18. The van der Waals surface area contributed by atoms with E-state index in [9.17, 15) is 29.1 Å². The fourth-order valence-electron chi connectivity index (χ4n) is 4.34. The third kappa shape index (κ3) is 17.9. The first-order chi connectivity index (χ1) is 21.0. The molecule has 1 aromatic carbocycles. The van der Waals surface area contributed by atoms with E-state index < -0.39 is 42.1 Å². The molecule has 13 nitrogen and oxygen atoms in total. The van der Waals surface area contributed by atoms with Crippen LogP contribution in [0.5, 0.6) is 0 Å². The predicted octanol–water partition coefficient (Wildman–Crippen LogP) is 3.16. The predicted molar refractivity (Wildman–Crippen MR) is 173 cm³/mol. The Hall–Kier alpha value is -3.87. The first kappa shape index (κ1) is 39.2. The van der Waals surface area contributed by atoms with Gasteiger partial charge in [-0.15, -0.1) is 0 Å². The molecule has 1 unspecified atom stereocenters. The van der Waals surface area contributed by atoms with E-state index >= 15 is 0 Å². The Balaban J connectivity index is 2.80. The minimum absolute atomic E-state index is 0.0134. The van der Waals surface area contributed by atoms with Crippen molar-refractivity contribution in [1.29, 1.82) is 0 Å². The van der Waals surface area contributed by atoms with Gasteiger partial charge in [0, 0.05) is 25.2 Å². The number of hydrogen-bond donors (Lipinski definition) is 7. The Morgan fingerprint density at radius 3 is 2.11 bits per heavy atom. The summed E-state index contributed by atoms with van der Waals surface area (Å²) in [6, 6.07) is 4.17. The highest BCUT2D eigenvalue weighted by molar-refractivity contribution is 5.98. The SMILES string of the molecule is CC(C)CCC(=O)N[C@H](C(=O)N[C@@H](CCCNC(N)=O)C(=O)Nc1ccc(COC(=O)NCC(O)CC(C)(C)C)cc1)C(C)C. The summed E-state index contributed by atoms with van der Waals surface area (Å²) in [7, 11) is 0. The average Bonchev–Trinajstić information content (AvgIpc) is 2.93. The molecular weight excluding hydrogens is 580 g/mol. The van der Waals surface area contributed by atoms with Crippen LogP contribution in [0.1, 0.15) is 86.1 Å². The Morgan fingerprint density at radius 2 is 1.56 bits per heavy atom. The second-order valence-electron chi connectivity index (χ2n) is 13.3. The first-order valence-corrected chi connectivity index (χ1v) is 15.6. The highest BCUT2D eigenvalue weighted by Gasteiger charge is 2.29. The van der Waals surface area contributed by atoms with E-state index in [4.69, 9.17) is 10.5 Å². The Labute approximate surface area is 267 Å². The summed E-state index contributed by atoms with van der Waals surface area (Å²) in [5, 5.41) is 23.4. The highest BCUT2D eigenvalue weighted by atomic mass is 16.5. The van der Waals surface area contributed by atoms with Gasteiger partial charge in [-0.05, 0) is 60.6 Å². The molecule has 8 N–H and O–H groups in total. The number of carbonyl (C=O) groups is 5. The van der Waals surface area contributed by atoms with Crippen molar-refractivity contribution in [2.24, 2.45) is 23.0 Å². The van der Waals surface area contributed by atoms with Crippen molar-refractivity contribution in [3.8, 4) is 0 Å². The normalized spacial score (nSPS) is 13.4. The second-order valence-corrected chi connectivity index (χ2v) is 13.3. The van der Waals surface area contributed by atoms with Crippen LogP contribution in [0.15, 0.2) is 24.3 Å². The van der Waals surface area contributed by atoms with Gasteiger partial charge < -0.3 is 42.2 Å². The van der Waals surface area contributed by atoms with Gasteiger partial charge in [-0.25, -0.2) is 9.59 Å². The number of carbonyl (C=O) groups excluding carboxylic acids is 5. The van der Waals surface area contributed by atoms with Crippen molar-refractivity contribution < 1.29 is 33.8 Å². The van der Waals surface area contributed by atoms with Gasteiger partial charge in [0.2, 0.25) is 17.7 Å². The van der Waals surface area contributed by atoms with E-state index in [2.05, 4.69) is 26.6 Å². The van der Waals surface area contributed by atoms with Gasteiger partial charge in [0.1, 0.15) is 18.7 Å². The third-order valence-corrected chi connectivity index (χ3v) is 6.74. The van der Waals surface area contributed by atoms with Gasteiger partial charge in [0.25, 0.3) is 0 Å². The maximum atomic E-state index is 13.3. The van der Waals surface area contributed by atoms with Crippen LogP contribution in [-0.2, 0) is 25.7 Å². The summed E-state index contributed by atoms with van der Waals surface area (Å²) in [4.78, 5) is 62.0. The lowest BCUT2D eigenvalue weighted by atomic mass is 9.89. The summed E-state index contributed by atoms with van der Waals surface area (Å²) < 4.78 is 5.21. The Morgan fingerprint density at radius 1 is 0.911 bits per heavy atom. The zero-order valence-electron chi connectivity index (χ0n) is 27.8. The van der Waals surface area contributed by atoms with Crippen molar-refractivity contribution in [1.82, 2.24) is 21.3 Å². The number of urea groups is 1. The second kappa shape index (κ2) is 19.5. The number of nitrogens with one attached hydrogen (secondary N) is 5. The lowest BCUT2D eigenvalue weighted by Crippen LogP contribution is -2.54. The molecule has 3 atom stereocenters. The molecule has 0 fully saturated rings. The monoisotopic (exact) mass is 634 g/mol. The minimum Gasteiger partial charge on any atom is -0.445 e. The number of benzene rings is 1. The molecule has 6 amide bonds. The molecule has 45 heavy (non-hydrogen) atoms. The highest BCUT2D eigenvalue weighted by Crippen LogP contribution is 2.20. The van der Waals surface area contributed by atoms with Crippen molar-refractivity contribution >= 4 is 35.5 Å². The number of anilines is 1. The van der Waals surface area contributed by atoms with Crippen LogP contribution < -0.4 is 32.3 Å². The number of alkyl carbamates (subject to hydrolysis) is 1. The van der Waals surface area contributed by atoms with E-state index in [-0.39, 0.29) is 43.4 Å². The molecule has 0 radical (unpaired) electrons. The lowest BCUT2D eigenvalue weighted by molar-refractivity contribution is -0.132. The van der Waals surface area contributed by atoms with Gasteiger partial charge in [-0.2, -0.15) is 0 Å². The molecule has 0 aliphatic rings. The molecule has 0 aliphatic heterocycles. The molecule has 0 bridgehead atoms. The number of primary amides is 1. The standard InChI is InChI=1S/C32H54N6O7/c1-20(2)10-15-26(40)38-27(21(3)4)29(42)37-25(9-8-16-34-30(33)43)28(41)36-23-13-11-22(12-14-23)19-45-31(44)35-18-24(39)17-32(5,6)7/h11-14,20-21,24-25,27,39H,8-10,15-19H2,1-7H3,(H,35,44)(H,36,41)(H,37,42)(H,38,40)(H3,33,34,43)/t24?,25-,27-/m0/s1. The molecule has 0 aromatic heterocycles. The number of nitrogens with two attached hydrogens (primary N) is 1. The molecule has 0 saturated heterocycles. The Bertz CT molecular complexity index is 1100. The number of ether oxygens (including phenoxy) is 1. The zero-order chi connectivity index (χ0) is 34.2. The minimum atomic E-state index is -0.957. The van der Waals surface area contributed by atoms with Gasteiger partial charge in [-0.3, -0.25) is 14.4 Å². The fourth-order valence-corrected chi connectivity index (χ4v) is 4.34. The summed E-state index contributed by atoms with van der Waals surface area (Å²) in [6.07, 6.45) is 0.746. The van der Waals surface area contributed by atoms with E-state index in [1.165, 1.54) is 0 Å². The van der Waals surface area contributed by atoms with Crippen LogP contribution >= 0.6 is 0 Å². The summed E-state index contributed by atoms with van der Waals surface area (Å²) in [6.45, 7) is 13.9. The maximum Gasteiger partial charge on any atom is 0.407 e. The molecule has 0 heterocycles. The van der Waals surface area contributed by atoms with Gasteiger partial charge in [0.05, 0.1) is 6.10 Å². The number of amides is 6. The smallest absolute Gasteiger partial charge is 0.407 e. The van der Waals surface area contributed by atoms with Gasteiger partial charge in [0.15, 0.2) is 0 Å². The van der Waals surface area contributed by atoms with E-state index in [0.29, 0.717) is 42.9 Å².